The minimum Gasteiger partial charge on any atom is -0.349 e. The molecule has 0 fully saturated rings. The number of aryl methyl sites for hydroxylation is 1. The fourth-order valence-electron chi connectivity index (χ4n) is 3.03. The Labute approximate surface area is 167 Å². The number of hydrogen-bond donors (Lipinski definition) is 2. The number of carbonyl (C=O) groups excluding carboxylic acids is 2. The summed E-state index contributed by atoms with van der Waals surface area (Å²) in [5.74, 6) is -0.329. The molecule has 1 heterocycles. The lowest BCUT2D eigenvalue weighted by atomic mass is 10.0. The molecule has 1 aromatic carbocycles. The van der Waals surface area contributed by atoms with Crippen molar-refractivity contribution in [1.29, 1.82) is 0 Å². The fraction of sp³-hybridized carbons (Fsp3) is 0.476. The molecule has 0 bridgehead atoms. The number of carbonyl (C=O) groups is 2. The van der Waals surface area contributed by atoms with Crippen molar-refractivity contribution >= 4 is 17.5 Å². The molecule has 0 aliphatic rings. The zero-order chi connectivity index (χ0) is 20.5. The van der Waals surface area contributed by atoms with Crippen LogP contribution in [-0.4, -0.2) is 46.1 Å². The van der Waals surface area contributed by atoms with E-state index in [0.29, 0.717) is 5.69 Å². The maximum absolute atomic E-state index is 12.5. The first kappa shape index (κ1) is 21.6. The number of nitrogens with zero attached hydrogens (tertiary/aromatic N) is 3. The molecule has 1 aromatic heterocycles. The first-order valence-corrected chi connectivity index (χ1v) is 9.79. The summed E-state index contributed by atoms with van der Waals surface area (Å²) in [5.41, 5.74) is 2.70. The Bertz CT molecular complexity index is 765. The second kappa shape index (κ2) is 10.6. The van der Waals surface area contributed by atoms with Gasteiger partial charge in [-0.05, 0) is 25.6 Å². The van der Waals surface area contributed by atoms with Crippen molar-refractivity contribution in [3.8, 4) is 0 Å². The van der Waals surface area contributed by atoms with Crippen LogP contribution < -0.4 is 10.6 Å². The Hall–Kier alpha value is -2.67. The van der Waals surface area contributed by atoms with Gasteiger partial charge in [-0.25, -0.2) is 0 Å². The summed E-state index contributed by atoms with van der Waals surface area (Å²) < 4.78 is 1.83. The van der Waals surface area contributed by atoms with Gasteiger partial charge >= 0.3 is 0 Å². The molecule has 0 saturated carbocycles. The lowest BCUT2D eigenvalue weighted by Gasteiger charge is -2.18. The number of anilines is 1. The van der Waals surface area contributed by atoms with Crippen LogP contribution in [0.15, 0.2) is 36.7 Å². The van der Waals surface area contributed by atoms with Gasteiger partial charge in [-0.2, -0.15) is 5.10 Å². The van der Waals surface area contributed by atoms with E-state index in [1.54, 1.807) is 6.20 Å². The number of likely N-dealkylation sites (N-methyl/N-ethyl adjacent to an activating group) is 1. The van der Waals surface area contributed by atoms with E-state index in [2.05, 4.69) is 34.5 Å². The minimum absolute atomic E-state index is 0.160. The summed E-state index contributed by atoms with van der Waals surface area (Å²) in [4.78, 5) is 26.4. The molecule has 7 heteroatoms. The zero-order valence-electron chi connectivity index (χ0n) is 17.2. The number of rotatable bonds is 10. The van der Waals surface area contributed by atoms with Crippen LogP contribution in [0.25, 0.3) is 0 Å². The van der Waals surface area contributed by atoms with Crippen molar-refractivity contribution in [3.05, 3.63) is 47.8 Å². The third-order valence-electron chi connectivity index (χ3n) is 4.70. The van der Waals surface area contributed by atoms with Crippen molar-refractivity contribution in [2.75, 3.05) is 25.0 Å². The highest BCUT2D eigenvalue weighted by molar-refractivity contribution is 5.91. The van der Waals surface area contributed by atoms with Gasteiger partial charge in [-0.3, -0.25) is 14.3 Å². The van der Waals surface area contributed by atoms with Crippen LogP contribution >= 0.6 is 0 Å². The molecule has 2 rings (SSSR count). The second-order valence-electron chi connectivity index (χ2n) is 6.94. The van der Waals surface area contributed by atoms with Crippen LogP contribution in [0.1, 0.15) is 44.4 Å². The molecule has 28 heavy (non-hydrogen) atoms. The molecule has 2 amide bonds. The maximum Gasteiger partial charge on any atom is 0.226 e. The van der Waals surface area contributed by atoms with Crippen molar-refractivity contribution in [1.82, 2.24) is 20.0 Å². The molecule has 152 valence electrons. The average molecular weight is 386 g/mol. The van der Waals surface area contributed by atoms with Crippen molar-refractivity contribution in [2.24, 2.45) is 0 Å². The van der Waals surface area contributed by atoms with Crippen LogP contribution in [0.4, 0.5) is 5.69 Å². The molecule has 0 aliphatic heterocycles. The standard InChI is InChI=1S/C21H31N5O2/c1-5-25(6-2)11-12-26-15-19(14-22-26)24-21(28)13-20(23-17(4)27)18-9-7-16(3)8-10-18/h7-10,14-15,20H,5-6,11-13H2,1-4H3,(H,23,27)(H,24,28). The van der Waals surface area contributed by atoms with Gasteiger partial charge in [0.15, 0.2) is 0 Å². The number of benzene rings is 1. The maximum atomic E-state index is 12.5. The van der Waals surface area contributed by atoms with E-state index in [9.17, 15) is 9.59 Å². The number of hydrogen-bond acceptors (Lipinski definition) is 4. The molecule has 0 aliphatic carbocycles. The van der Waals surface area contributed by atoms with E-state index >= 15 is 0 Å². The third-order valence-corrected chi connectivity index (χ3v) is 4.70. The van der Waals surface area contributed by atoms with Gasteiger partial charge in [0, 0.05) is 19.7 Å². The molecule has 0 radical (unpaired) electrons. The summed E-state index contributed by atoms with van der Waals surface area (Å²) in [6.45, 7) is 11.4. The van der Waals surface area contributed by atoms with E-state index in [1.807, 2.05) is 42.1 Å². The summed E-state index contributed by atoms with van der Waals surface area (Å²) >= 11 is 0. The summed E-state index contributed by atoms with van der Waals surface area (Å²) in [7, 11) is 0. The van der Waals surface area contributed by atoms with Crippen molar-refractivity contribution in [3.63, 3.8) is 0 Å². The van der Waals surface area contributed by atoms with E-state index in [1.165, 1.54) is 6.92 Å². The van der Waals surface area contributed by atoms with E-state index in [4.69, 9.17) is 0 Å². The predicted octanol–water partition coefficient (Wildman–Crippen LogP) is 2.74. The van der Waals surface area contributed by atoms with Gasteiger partial charge in [0.1, 0.15) is 0 Å². The molecule has 7 nitrogen and oxygen atoms in total. The largest absolute Gasteiger partial charge is 0.349 e. The molecule has 2 N–H and O–H groups in total. The molecular formula is C21H31N5O2. The van der Waals surface area contributed by atoms with Gasteiger partial charge in [0.05, 0.1) is 30.9 Å². The molecular weight excluding hydrogens is 354 g/mol. The van der Waals surface area contributed by atoms with Crippen LogP contribution in [0.5, 0.6) is 0 Å². The molecule has 1 unspecified atom stereocenters. The Balaban J connectivity index is 1.95. The van der Waals surface area contributed by atoms with Gasteiger partial charge in [0.2, 0.25) is 11.8 Å². The average Bonchev–Trinajstić information content (AvgIpc) is 3.09. The second-order valence-corrected chi connectivity index (χ2v) is 6.94. The summed E-state index contributed by atoms with van der Waals surface area (Å²) in [5, 5.41) is 10.0. The number of aromatic nitrogens is 2. The molecule has 0 spiro atoms. The monoisotopic (exact) mass is 385 g/mol. The highest BCUT2D eigenvalue weighted by Crippen LogP contribution is 2.19. The Morgan fingerprint density at radius 1 is 1.18 bits per heavy atom. The molecule has 2 aromatic rings. The molecule has 1 atom stereocenters. The summed E-state index contributed by atoms with van der Waals surface area (Å²) in [6, 6.07) is 7.46. The minimum atomic E-state index is -0.365. The quantitative estimate of drug-likeness (QED) is 0.659. The van der Waals surface area contributed by atoms with Crippen LogP contribution in [0, 0.1) is 6.92 Å². The topological polar surface area (TPSA) is 79.3 Å². The van der Waals surface area contributed by atoms with E-state index in [-0.39, 0.29) is 24.3 Å². The van der Waals surface area contributed by atoms with Gasteiger partial charge in [-0.15, -0.1) is 0 Å². The van der Waals surface area contributed by atoms with Gasteiger partial charge < -0.3 is 15.5 Å². The Morgan fingerprint density at radius 3 is 2.46 bits per heavy atom. The predicted molar refractivity (Wildman–Crippen MR) is 111 cm³/mol. The van der Waals surface area contributed by atoms with E-state index < -0.39 is 0 Å². The smallest absolute Gasteiger partial charge is 0.226 e. The first-order chi connectivity index (χ1) is 13.4. The number of amides is 2. The van der Waals surface area contributed by atoms with Crippen LogP contribution in [0.3, 0.4) is 0 Å². The highest BCUT2D eigenvalue weighted by Gasteiger charge is 2.17. The third kappa shape index (κ3) is 6.81. The normalized spacial score (nSPS) is 12.0. The summed E-state index contributed by atoms with van der Waals surface area (Å²) in [6.07, 6.45) is 3.65. The lowest BCUT2D eigenvalue weighted by molar-refractivity contribution is -0.120. The number of nitrogens with one attached hydrogen (secondary N) is 2. The molecule has 0 saturated heterocycles. The Kier molecular flexibility index (Phi) is 8.19. The van der Waals surface area contributed by atoms with Crippen LogP contribution in [-0.2, 0) is 16.1 Å². The SMILES string of the molecule is CCN(CC)CCn1cc(NC(=O)CC(NC(C)=O)c2ccc(C)cc2)cn1. The van der Waals surface area contributed by atoms with E-state index in [0.717, 1.165) is 37.3 Å². The highest BCUT2D eigenvalue weighted by atomic mass is 16.2. The first-order valence-electron chi connectivity index (χ1n) is 9.79. The zero-order valence-corrected chi connectivity index (χ0v) is 17.2. The Morgan fingerprint density at radius 2 is 1.86 bits per heavy atom. The van der Waals surface area contributed by atoms with Gasteiger partial charge in [0.25, 0.3) is 0 Å². The van der Waals surface area contributed by atoms with Gasteiger partial charge in [-0.1, -0.05) is 43.7 Å². The fourth-order valence-corrected chi connectivity index (χ4v) is 3.03. The lowest BCUT2D eigenvalue weighted by Crippen LogP contribution is -2.29. The van der Waals surface area contributed by atoms with Crippen LogP contribution in [0.2, 0.25) is 0 Å². The van der Waals surface area contributed by atoms with Crippen molar-refractivity contribution < 1.29 is 9.59 Å². The van der Waals surface area contributed by atoms with Crippen molar-refractivity contribution in [2.45, 2.75) is 46.7 Å².